The Morgan fingerprint density at radius 1 is 1.13 bits per heavy atom. The van der Waals surface area contributed by atoms with Crippen LogP contribution in [0, 0.1) is 5.92 Å². The molecule has 8 nitrogen and oxygen atoms in total. The zero-order valence-electron chi connectivity index (χ0n) is 16.7. The van der Waals surface area contributed by atoms with Crippen LogP contribution in [-0.4, -0.2) is 35.0 Å². The number of benzene rings is 2. The highest BCUT2D eigenvalue weighted by molar-refractivity contribution is 7.20. The maximum Gasteiger partial charge on any atom is 0.290 e. The highest BCUT2D eigenvalue weighted by Gasteiger charge is 2.27. The summed E-state index contributed by atoms with van der Waals surface area (Å²) in [6, 6.07) is 17.3. The van der Waals surface area contributed by atoms with Gasteiger partial charge in [0, 0.05) is 12.5 Å². The summed E-state index contributed by atoms with van der Waals surface area (Å²) in [7, 11) is 0. The number of carbonyl (C=O) groups excluding carboxylic acids is 2. The Balaban J connectivity index is 0.000000858. The van der Waals surface area contributed by atoms with Crippen molar-refractivity contribution >= 4 is 39.8 Å². The largest absolute Gasteiger partial charge is 0.492 e. The van der Waals surface area contributed by atoms with Crippen molar-refractivity contribution < 1.29 is 24.2 Å². The number of fused-ring (bicyclic) bond motifs is 1. The lowest BCUT2D eigenvalue weighted by molar-refractivity contribution is -0.123. The first-order valence-electron chi connectivity index (χ1n) is 9.45. The molecule has 9 heteroatoms. The number of carboxylic acid groups (broad SMARTS) is 1. The molecular formula is C22H21N3O5S. The summed E-state index contributed by atoms with van der Waals surface area (Å²) in [5.74, 6) is 0.219. The fourth-order valence-electron chi connectivity index (χ4n) is 3.11. The molecule has 1 aliphatic rings. The molecule has 2 heterocycles. The second kappa shape index (κ2) is 10.4. The SMILES string of the molecule is CC(=O)Nc1sc(NC(=O)C2COc3ccccc3C2)nc1-c1ccccc1.O=CO. The van der Waals surface area contributed by atoms with E-state index < -0.39 is 0 Å². The quantitative estimate of drug-likeness (QED) is 0.534. The Morgan fingerprint density at radius 3 is 2.52 bits per heavy atom. The van der Waals surface area contributed by atoms with Crippen LogP contribution in [0.25, 0.3) is 11.3 Å². The third-order valence-electron chi connectivity index (χ3n) is 4.44. The van der Waals surface area contributed by atoms with E-state index in [1.807, 2.05) is 54.6 Å². The van der Waals surface area contributed by atoms with Crippen molar-refractivity contribution in [2.24, 2.45) is 5.92 Å². The molecule has 1 aromatic heterocycles. The predicted octanol–water partition coefficient (Wildman–Crippen LogP) is 3.66. The van der Waals surface area contributed by atoms with E-state index in [9.17, 15) is 9.59 Å². The van der Waals surface area contributed by atoms with Gasteiger partial charge in [-0.25, -0.2) is 4.98 Å². The average Bonchev–Trinajstić information content (AvgIpc) is 3.16. The van der Waals surface area contributed by atoms with E-state index in [0.717, 1.165) is 16.9 Å². The Kier molecular flexibility index (Phi) is 7.34. The minimum absolute atomic E-state index is 0.141. The first-order chi connectivity index (χ1) is 15.0. The fraction of sp³-hybridized carbons (Fsp3) is 0.182. The smallest absolute Gasteiger partial charge is 0.290 e. The Bertz CT molecular complexity index is 1070. The summed E-state index contributed by atoms with van der Waals surface area (Å²) < 4.78 is 5.71. The number of thiazole rings is 1. The normalized spacial score (nSPS) is 14.2. The Hall–Kier alpha value is -3.72. The summed E-state index contributed by atoms with van der Waals surface area (Å²) >= 11 is 1.24. The van der Waals surface area contributed by atoms with Crippen molar-refractivity contribution in [3.63, 3.8) is 0 Å². The van der Waals surface area contributed by atoms with Gasteiger partial charge in [-0.1, -0.05) is 59.9 Å². The van der Waals surface area contributed by atoms with Gasteiger partial charge >= 0.3 is 0 Å². The number of hydrogen-bond donors (Lipinski definition) is 3. The Labute approximate surface area is 182 Å². The van der Waals surface area contributed by atoms with Gasteiger partial charge in [-0.05, 0) is 18.1 Å². The van der Waals surface area contributed by atoms with Crippen LogP contribution in [0.4, 0.5) is 10.1 Å². The van der Waals surface area contributed by atoms with Crippen molar-refractivity contribution in [3.05, 3.63) is 60.2 Å². The molecule has 0 saturated carbocycles. The van der Waals surface area contributed by atoms with Gasteiger partial charge in [0.2, 0.25) is 11.8 Å². The zero-order chi connectivity index (χ0) is 22.2. The molecule has 0 bridgehead atoms. The molecule has 3 aromatic rings. The number of aromatic nitrogens is 1. The second-order valence-corrected chi connectivity index (χ2v) is 7.66. The molecule has 160 valence electrons. The molecule has 31 heavy (non-hydrogen) atoms. The molecule has 4 rings (SSSR count). The number of hydrogen-bond acceptors (Lipinski definition) is 6. The van der Waals surface area contributed by atoms with Crippen molar-refractivity contribution in [3.8, 4) is 17.0 Å². The molecule has 2 aromatic carbocycles. The number of carbonyl (C=O) groups is 3. The molecule has 2 amide bonds. The van der Waals surface area contributed by atoms with Crippen LogP contribution in [-0.2, 0) is 20.8 Å². The lowest BCUT2D eigenvalue weighted by Crippen LogP contribution is -2.32. The van der Waals surface area contributed by atoms with E-state index >= 15 is 0 Å². The van der Waals surface area contributed by atoms with Crippen LogP contribution in [0.1, 0.15) is 12.5 Å². The number of rotatable bonds is 4. The number of para-hydroxylation sites is 1. The molecule has 1 atom stereocenters. The first-order valence-corrected chi connectivity index (χ1v) is 10.3. The highest BCUT2D eigenvalue weighted by Crippen LogP contribution is 2.36. The third kappa shape index (κ3) is 5.67. The van der Waals surface area contributed by atoms with E-state index in [1.165, 1.54) is 18.3 Å². The van der Waals surface area contributed by atoms with Gasteiger partial charge in [0.1, 0.15) is 23.1 Å². The van der Waals surface area contributed by atoms with Crippen LogP contribution in [0.15, 0.2) is 54.6 Å². The number of amides is 2. The lowest BCUT2D eigenvalue weighted by atomic mass is 9.96. The van der Waals surface area contributed by atoms with Gasteiger partial charge in [-0.3, -0.25) is 14.4 Å². The highest BCUT2D eigenvalue weighted by atomic mass is 32.1. The van der Waals surface area contributed by atoms with Gasteiger partial charge in [0.25, 0.3) is 6.47 Å². The molecule has 1 unspecified atom stereocenters. The minimum atomic E-state index is -0.289. The third-order valence-corrected chi connectivity index (χ3v) is 5.33. The number of nitrogens with one attached hydrogen (secondary N) is 2. The van der Waals surface area contributed by atoms with E-state index in [0.29, 0.717) is 28.9 Å². The summed E-state index contributed by atoms with van der Waals surface area (Å²) in [6.45, 7) is 1.53. The van der Waals surface area contributed by atoms with Crippen molar-refractivity contribution in [1.29, 1.82) is 0 Å². The molecule has 0 radical (unpaired) electrons. The topological polar surface area (TPSA) is 118 Å². The lowest BCUT2D eigenvalue weighted by Gasteiger charge is -2.24. The number of anilines is 2. The van der Waals surface area contributed by atoms with Gasteiger partial charge < -0.3 is 20.5 Å². The molecular weight excluding hydrogens is 418 g/mol. The van der Waals surface area contributed by atoms with E-state index in [4.69, 9.17) is 14.6 Å². The summed E-state index contributed by atoms with van der Waals surface area (Å²) in [4.78, 5) is 37.2. The van der Waals surface area contributed by atoms with Crippen LogP contribution in [0.3, 0.4) is 0 Å². The van der Waals surface area contributed by atoms with E-state index in [-0.39, 0.29) is 24.2 Å². The molecule has 0 spiro atoms. The molecule has 1 aliphatic heterocycles. The second-order valence-electron chi connectivity index (χ2n) is 6.66. The van der Waals surface area contributed by atoms with Crippen molar-refractivity contribution in [1.82, 2.24) is 4.98 Å². The van der Waals surface area contributed by atoms with Gasteiger partial charge in [0.15, 0.2) is 5.13 Å². The van der Waals surface area contributed by atoms with Crippen molar-refractivity contribution in [2.45, 2.75) is 13.3 Å². The van der Waals surface area contributed by atoms with Gasteiger partial charge in [0.05, 0.1) is 5.92 Å². The minimum Gasteiger partial charge on any atom is -0.492 e. The standard InChI is InChI=1S/C21H19N3O3S.CH2O2/c1-13(25)22-20-18(14-7-3-2-4-8-14)23-21(28-20)24-19(26)16-11-15-9-5-6-10-17(15)27-12-16;2-1-3/h2-10,16H,11-12H2,1H3,(H,22,25)(H,23,24,26);1H,(H,2,3). The van der Waals surface area contributed by atoms with Gasteiger partial charge in [-0.15, -0.1) is 0 Å². The fourth-order valence-corrected chi connectivity index (χ4v) is 4.05. The molecule has 0 fully saturated rings. The maximum atomic E-state index is 12.7. The van der Waals surface area contributed by atoms with Gasteiger partial charge in [-0.2, -0.15) is 0 Å². The number of nitrogens with zero attached hydrogens (tertiary/aromatic N) is 1. The van der Waals surface area contributed by atoms with E-state index in [2.05, 4.69) is 15.6 Å². The first kappa shape index (κ1) is 22.0. The summed E-state index contributed by atoms with van der Waals surface area (Å²) in [5, 5.41) is 13.6. The van der Waals surface area contributed by atoms with E-state index in [1.54, 1.807) is 0 Å². The van der Waals surface area contributed by atoms with Crippen LogP contribution in [0.2, 0.25) is 0 Å². The molecule has 0 saturated heterocycles. The molecule has 0 aliphatic carbocycles. The van der Waals surface area contributed by atoms with Crippen LogP contribution in [0.5, 0.6) is 5.75 Å². The summed E-state index contributed by atoms with van der Waals surface area (Å²) in [5.41, 5.74) is 2.54. The maximum absolute atomic E-state index is 12.7. The van der Waals surface area contributed by atoms with Crippen LogP contribution < -0.4 is 15.4 Å². The monoisotopic (exact) mass is 439 g/mol. The molecule has 3 N–H and O–H groups in total. The van der Waals surface area contributed by atoms with Crippen molar-refractivity contribution in [2.75, 3.05) is 17.2 Å². The summed E-state index contributed by atoms with van der Waals surface area (Å²) in [6.07, 6.45) is 0.622. The predicted molar refractivity (Wildman–Crippen MR) is 118 cm³/mol. The number of ether oxygens (including phenoxy) is 1. The zero-order valence-corrected chi connectivity index (χ0v) is 17.5. The average molecular weight is 439 g/mol. The Morgan fingerprint density at radius 2 is 1.81 bits per heavy atom. The van der Waals surface area contributed by atoms with Crippen LogP contribution >= 0.6 is 11.3 Å².